The number of hydrogen-bond acceptors (Lipinski definition) is 3. The van der Waals surface area contributed by atoms with E-state index in [2.05, 4.69) is 49.2 Å². The molecule has 2 nitrogen and oxygen atoms in total. The summed E-state index contributed by atoms with van der Waals surface area (Å²) in [7, 11) is 0. The van der Waals surface area contributed by atoms with Crippen molar-refractivity contribution in [3.63, 3.8) is 0 Å². The lowest BCUT2D eigenvalue weighted by Crippen LogP contribution is -2.32. The molecule has 2 aliphatic heterocycles. The summed E-state index contributed by atoms with van der Waals surface area (Å²) in [6.45, 7) is 8.66. The number of rotatable bonds is 20. The average molecular weight is 456 g/mol. The lowest BCUT2D eigenvalue weighted by atomic mass is 10.0. The van der Waals surface area contributed by atoms with E-state index in [1.54, 1.807) is 0 Å². The fourth-order valence-electron chi connectivity index (χ4n) is 4.47. The molecule has 2 heterocycles. The van der Waals surface area contributed by atoms with Crippen LogP contribution >= 0.6 is 23.5 Å². The molecule has 0 bridgehead atoms. The van der Waals surface area contributed by atoms with E-state index in [-0.39, 0.29) is 0 Å². The zero-order chi connectivity index (χ0) is 21.6. The van der Waals surface area contributed by atoms with E-state index in [9.17, 15) is 4.79 Å². The summed E-state index contributed by atoms with van der Waals surface area (Å²) in [5.74, 6) is 0.403. The monoisotopic (exact) mass is 455 g/mol. The molecule has 4 heteroatoms. The molecule has 2 aliphatic rings. The van der Waals surface area contributed by atoms with Gasteiger partial charge in [0.25, 0.3) is 0 Å². The van der Waals surface area contributed by atoms with Crippen LogP contribution < -0.4 is 0 Å². The molecule has 0 spiro atoms. The van der Waals surface area contributed by atoms with Gasteiger partial charge in [0.2, 0.25) is 5.91 Å². The van der Waals surface area contributed by atoms with E-state index in [0.29, 0.717) is 5.91 Å². The van der Waals surface area contributed by atoms with E-state index in [1.165, 1.54) is 77.0 Å². The minimum atomic E-state index is 0.403. The van der Waals surface area contributed by atoms with Gasteiger partial charge in [-0.25, -0.2) is 0 Å². The Morgan fingerprint density at radius 2 is 1.13 bits per heavy atom. The van der Waals surface area contributed by atoms with Crippen molar-refractivity contribution in [1.82, 2.24) is 4.90 Å². The third kappa shape index (κ3) is 11.2. The summed E-state index contributed by atoms with van der Waals surface area (Å²) < 4.78 is 0. The van der Waals surface area contributed by atoms with E-state index in [4.69, 9.17) is 0 Å². The quantitative estimate of drug-likeness (QED) is 0.137. The third-order valence-corrected chi connectivity index (χ3v) is 9.67. The van der Waals surface area contributed by atoms with Crippen molar-refractivity contribution in [1.29, 1.82) is 0 Å². The molecule has 0 saturated carbocycles. The minimum absolute atomic E-state index is 0.403. The SMILES string of the molecule is CCCCC[C@H]1S[C@H]1C[C@H]1S[C@H]1CCCCCCCC(=O)N(CCCC)CCCC. The smallest absolute Gasteiger partial charge is 0.222 e. The molecule has 0 aliphatic carbocycles. The second kappa shape index (κ2) is 15.9. The molecule has 0 aromatic carbocycles. The maximum absolute atomic E-state index is 12.5. The predicted octanol–water partition coefficient (Wildman–Crippen LogP) is 8.08. The van der Waals surface area contributed by atoms with Gasteiger partial charge in [-0.1, -0.05) is 78.6 Å². The Bertz CT molecular complexity index is 450. The molecular weight excluding hydrogens is 406 g/mol. The highest BCUT2D eigenvalue weighted by molar-refractivity contribution is 8.08. The van der Waals surface area contributed by atoms with E-state index < -0.39 is 0 Å². The summed E-state index contributed by atoms with van der Waals surface area (Å²) >= 11 is 4.52. The van der Waals surface area contributed by atoms with Gasteiger partial charge in [-0.05, 0) is 38.5 Å². The molecule has 1 amide bonds. The van der Waals surface area contributed by atoms with Crippen LogP contribution in [0.4, 0.5) is 0 Å². The van der Waals surface area contributed by atoms with Crippen molar-refractivity contribution in [2.24, 2.45) is 0 Å². The van der Waals surface area contributed by atoms with Crippen molar-refractivity contribution in [3.8, 4) is 0 Å². The van der Waals surface area contributed by atoms with Crippen LogP contribution in [0.25, 0.3) is 0 Å². The number of carbonyl (C=O) groups is 1. The normalized spacial score (nSPS) is 24.8. The highest BCUT2D eigenvalue weighted by atomic mass is 32.2. The zero-order valence-electron chi connectivity index (χ0n) is 20.2. The lowest BCUT2D eigenvalue weighted by molar-refractivity contribution is -0.131. The second-order valence-electron chi connectivity index (χ2n) is 9.55. The molecule has 2 fully saturated rings. The number of nitrogens with zero attached hydrogens (tertiary/aromatic N) is 1. The second-order valence-corrected chi connectivity index (χ2v) is 12.5. The Balaban J connectivity index is 1.40. The largest absolute Gasteiger partial charge is 0.343 e. The van der Waals surface area contributed by atoms with Gasteiger partial charge in [0.1, 0.15) is 0 Å². The van der Waals surface area contributed by atoms with Crippen LogP contribution in [0.3, 0.4) is 0 Å². The average Bonchev–Trinajstić information content (AvgIpc) is 3.66. The van der Waals surface area contributed by atoms with Gasteiger partial charge in [0.15, 0.2) is 0 Å². The summed E-state index contributed by atoms with van der Waals surface area (Å²) in [5.41, 5.74) is 0. The topological polar surface area (TPSA) is 20.3 Å². The number of carbonyl (C=O) groups excluding carboxylic acids is 1. The first-order chi connectivity index (χ1) is 14.7. The molecule has 0 aromatic rings. The summed E-state index contributed by atoms with van der Waals surface area (Å²) in [5, 5.41) is 4.00. The molecule has 0 radical (unpaired) electrons. The Morgan fingerprint density at radius 1 is 0.633 bits per heavy atom. The molecule has 2 saturated heterocycles. The van der Waals surface area contributed by atoms with Crippen LogP contribution in [-0.4, -0.2) is 44.9 Å². The molecule has 2 rings (SSSR count). The Hall–Kier alpha value is 0.170. The van der Waals surface area contributed by atoms with Crippen LogP contribution in [0.5, 0.6) is 0 Å². The molecular formula is C26H49NOS2. The third-order valence-electron chi connectivity index (χ3n) is 6.73. The first-order valence-corrected chi connectivity index (χ1v) is 15.2. The van der Waals surface area contributed by atoms with Gasteiger partial charge < -0.3 is 4.90 Å². The fraction of sp³-hybridized carbons (Fsp3) is 0.962. The molecule has 4 atom stereocenters. The van der Waals surface area contributed by atoms with Crippen molar-refractivity contribution in [2.45, 2.75) is 145 Å². The fourth-order valence-corrected chi connectivity index (χ4v) is 7.05. The first kappa shape index (κ1) is 26.4. The molecule has 176 valence electrons. The Kier molecular flexibility index (Phi) is 14.0. The molecule has 0 unspecified atom stereocenters. The van der Waals surface area contributed by atoms with Gasteiger partial charge >= 0.3 is 0 Å². The Labute approximate surface area is 196 Å². The van der Waals surface area contributed by atoms with E-state index >= 15 is 0 Å². The summed E-state index contributed by atoms with van der Waals surface area (Å²) in [6.07, 6.45) is 20.5. The number of amides is 1. The lowest BCUT2D eigenvalue weighted by Gasteiger charge is -2.22. The maximum Gasteiger partial charge on any atom is 0.222 e. The van der Waals surface area contributed by atoms with Gasteiger partial charge in [-0.15, -0.1) is 0 Å². The predicted molar refractivity (Wildman–Crippen MR) is 138 cm³/mol. The Morgan fingerprint density at radius 3 is 1.70 bits per heavy atom. The van der Waals surface area contributed by atoms with Crippen molar-refractivity contribution in [2.75, 3.05) is 13.1 Å². The van der Waals surface area contributed by atoms with Crippen LogP contribution in [-0.2, 0) is 4.79 Å². The van der Waals surface area contributed by atoms with Gasteiger partial charge in [0, 0.05) is 40.5 Å². The maximum atomic E-state index is 12.5. The molecule has 30 heavy (non-hydrogen) atoms. The van der Waals surface area contributed by atoms with Crippen molar-refractivity contribution >= 4 is 29.4 Å². The van der Waals surface area contributed by atoms with Crippen LogP contribution in [0.15, 0.2) is 0 Å². The van der Waals surface area contributed by atoms with E-state index in [1.807, 2.05) is 0 Å². The number of thioether (sulfide) groups is 2. The molecule has 0 aromatic heterocycles. The highest BCUT2D eigenvalue weighted by Gasteiger charge is 2.46. The van der Waals surface area contributed by atoms with Crippen molar-refractivity contribution in [3.05, 3.63) is 0 Å². The number of unbranched alkanes of at least 4 members (excludes halogenated alkanes) is 8. The summed E-state index contributed by atoms with van der Waals surface area (Å²) in [4.78, 5) is 14.6. The number of hydrogen-bond donors (Lipinski definition) is 0. The van der Waals surface area contributed by atoms with Crippen LogP contribution in [0, 0.1) is 0 Å². The standard InChI is InChI=1S/C26H49NOS2/c1-4-7-13-16-22-24(29-22)21-25-23(30-25)17-14-11-10-12-15-18-26(28)27(19-8-5-2)20-9-6-3/h22-25H,4-21H2,1-3H3/t22-,23+,24+,25-/m1/s1. The van der Waals surface area contributed by atoms with Crippen LogP contribution in [0.1, 0.15) is 124 Å². The van der Waals surface area contributed by atoms with Gasteiger partial charge in [0.05, 0.1) is 0 Å². The highest BCUT2D eigenvalue weighted by Crippen LogP contribution is 2.55. The van der Waals surface area contributed by atoms with Gasteiger partial charge in [-0.2, -0.15) is 23.5 Å². The summed E-state index contributed by atoms with van der Waals surface area (Å²) in [6, 6.07) is 0. The molecule has 0 N–H and O–H groups in total. The van der Waals surface area contributed by atoms with E-state index in [0.717, 1.165) is 59.8 Å². The van der Waals surface area contributed by atoms with Crippen LogP contribution in [0.2, 0.25) is 0 Å². The zero-order valence-corrected chi connectivity index (χ0v) is 21.8. The van der Waals surface area contributed by atoms with Gasteiger partial charge in [-0.3, -0.25) is 4.79 Å². The minimum Gasteiger partial charge on any atom is -0.343 e. The first-order valence-electron chi connectivity index (χ1n) is 13.3. The van der Waals surface area contributed by atoms with Crippen molar-refractivity contribution < 1.29 is 4.79 Å².